The second kappa shape index (κ2) is 5.59. The molecule has 0 aliphatic carbocycles. The second-order valence-electron chi connectivity index (χ2n) is 7.79. The predicted molar refractivity (Wildman–Crippen MR) is 102 cm³/mol. The van der Waals surface area contributed by atoms with Crippen molar-refractivity contribution in [2.45, 2.75) is 19.8 Å². The lowest BCUT2D eigenvalue weighted by atomic mass is 9.78. The second-order valence-corrected chi connectivity index (χ2v) is 7.79. The Balaban J connectivity index is 1.81. The number of aryl methyl sites for hydroxylation is 2. The van der Waals surface area contributed by atoms with E-state index in [1.54, 1.807) is 11.6 Å². The third-order valence-corrected chi connectivity index (χ3v) is 5.54. The normalized spacial score (nSPS) is 19.4. The number of nitrogens with zero attached hydrogens (tertiary/aromatic N) is 4. The predicted octanol–water partition coefficient (Wildman–Crippen LogP) is 1.59. The van der Waals surface area contributed by atoms with Crippen molar-refractivity contribution in [2.75, 3.05) is 18.0 Å². The van der Waals surface area contributed by atoms with E-state index >= 15 is 0 Å². The first-order valence-electron chi connectivity index (χ1n) is 8.75. The molecule has 1 saturated heterocycles. The molecule has 0 unspecified atom stereocenters. The molecule has 1 N–H and O–H groups in total. The van der Waals surface area contributed by atoms with E-state index in [2.05, 4.69) is 53.0 Å². The average Bonchev–Trinajstić information content (AvgIpc) is 3.10. The topological polar surface area (TPSA) is 75.9 Å². The molecular weight excluding hydrogens is 330 g/mol. The smallest absolute Gasteiger partial charge is 0.329 e. The van der Waals surface area contributed by atoms with E-state index in [-0.39, 0.29) is 5.41 Å². The fraction of sp³-hybridized carbons (Fsp3) is 0.421. The fourth-order valence-corrected chi connectivity index (χ4v) is 4.11. The first kappa shape index (κ1) is 16.6. The van der Waals surface area contributed by atoms with Crippen molar-refractivity contribution in [1.29, 1.82) is 0 Å². The number of rotatable bonds is 2. The van der Waals surface area contributed by atoms with Gasteiger partial charge in [-0.05, 0) is 11.0 Å². The number of H-pyrrole nitrogens is 1. The average molecular weight is 353 g/mol. The highest BCUT2D eigenvalue weighted by Gasteiger charge is 2.41. The summed E-state index contributed by atoms with van der Waals surface area (Å²) < 4.78 is 3.17. The lowest BCUT2D eigenvalue weighted by molar-refractivity contribution is 0.365. The summed E-state index contributed by atoms with van der Waals surface area (Å²) >= 11 is 0. The molecule has 3 aromatic rings. The monoisotopic (exact) mass is 353 g/mol. The molecule has 4 rings (SSSR count). The Morgan fingerprint density at radius 3 is 2.50 bits per heavy atom. The zero-order valence-electron chi connectivity index (χ0n) is 15.5. The number of hydrogen-bond donors (Lipinski definition) is 1. The number of imidazole rings is 1. The molecule has 0 bridgehead atoms. The van der Waals surface area contributed by atoms with E-state index in [1.165, 1.54) is 10.1 Å². The molecule has 0 radical (unpaired) electrons. The van der Waals surface area contributed by atoms with Crippen LogP contribution in [0.15, 0.2) is 39.9 Å². The first-order chi connectivity index (χ1) is 12.3. The minimum absolute atomic E-state index is 0.0673. The molecule has 1 aliphatic rings. The van der Waals surface area contributed by atoms with Gasteiger partial charge in [0.15, 0.2) is 11.2 Å². The van der Waals surface area contributed by atoms with Crippen LogP contribution in [0.2, 0.25) is 0 Å². The Labute approximate surface area is 150 Å². The van der Waals surface area contributed by atoms with Crippen molar-refractivity contribution in [1.82, 2.24) is 19.1 Å². The van der Waals surface area contributed by atoms with Gasteiger partial charge < -0.3 is 9.47 Å². The lowest BCUT2D eigenvalue weighted by Crippen LogP contribution is -2.29. The van der Waals surface area contributed by atoms with Gasteiger partial charge in [0.2, 0.25) is 5.95 Å². The van der Waals surface area contributed by atoms with Gasteiger partial charge in [-0.15, -0.1) is 0 Å². The van der Waals surface area contributed by atoms with E-state index in [9.17, 15) is 9.59 Å². The van der Waals surface area contributed by atoms with E-state index in [0.29, 0.717) is 17.1 Å². The van der Waals surface area contributed by atoms with E-state index < -0.39 is 11.2 Å². The molecule has 1 aliphatic heterocycles. The zero-order chi connectivity index (χ0) is 18.6. The number of aromatic amines is 1. The van der Waals surface area contributed by atoms with Crippen LogP contribution in [0, 0.1) is 5.41 Å². The quantitative estimate of drug-likeness (QED) is 0.759. The van der Waals surface area contributed by atoms with Gasteiger partial charge in [-0.3, -0.25) is 14.3 Å². The standard InChI is InChI=1S/C19H23N5O2/c1-19(2)11-24(10-13(19)12-8-6-5-7-9-12)17-20-15-14(22(17)3)16(25)21-18(26)23(15)4/h5-9,13H,10-11H2,1-4H3,(H,21,25,26)/t13-/m1/s1. The largest absolute Gasteiger partial charge is 0.341 e. The van der Waals surface area contributed by atoms with Crippen molar-refractivity contribution in [3.8, 4) is 0 Å². The van der Waals surface area contributed by atoms with Crippen molar-refractivity contribution in [2.24, 2.45) is 19.5 Å². The van der Waals surface area contributed by atoms with Crippen LogP contribution in [0.25, 0.3) is 11.2 Å². The van der Waals surface area contributed by atoms with Crippen LogP contribution in [-0.4, -0.2) is 32.2 Å². The van der Waals surface area contributed by atoms with Crippen molar-refractivity contribution < 1.29 is 0 Å². The summed E-state index contributed by atoms with van der Waals surface area (Å²) in [6.45, 7) is 6.17. The maximum atomic E-state index is 12.3. The number of hydrogen-bond acceptors (Lipinski definition) is 4. The van der Waals surface area contributed by atoms with Crippen LogP contribution >= 0.6 is 0 Å². The molecule has 0 saturated carbocycles. The van der Waals surface area contributed by atoms with Crippen LogP contribution in [0.3, 0.4) is 0 Å². The van der Waals surface area contributed by atoms with Gasteiger partial charge in [0, 0.05) is 33.1 Å². The third-order valence-electron chi connectivity index (χ3n) is 5.54. The van der Waals surface area contributed by atoms with Gasteiger partial charge in [0.1, 0.15) is 0 Å². The van der Waals surface area contributed by atoms with Crippen LogP contribution < -0.4 is 16.1 Å². The molecule has 0 spiro atoms. The molecule has 26 heavy (non-hydrogen) atoms. The van der Waals surface area contributed by atoms with Gasteiger partial charge >= 0.3 is 5.69 Å². The summed E-state index contributed by atoms with van der Waals surface area (Å²) in [4.78, 5) is 33.3. The summed E-state index contributed by atoms with van der Waals surface area (Å²) in [5.41, 5.74) is 1.36. The van der Waals surface area contributed by atoms with E-state index in [4.69, 9.17) is 0 Å². The summed E-state index contributed by atoms with van der Waals surface area (Å²) in [6.07, 6.45) is 0. The van der Waals surface area contributed by atoms with Crippen LogP contribution in [0.1, 0.15) is 25.3 Å². The highest BCUT2D eigenvalue weighted by Crippen LogP contribution is 2.43. The van der Waals surface area contributed by atoms with Gasteiger partial charge in [-0.25, -0.2) is 4.79 Å². The van der Waals surface area contributed by atoms with Gasteiger partial charge in [0.25, 0.3) is 5.56 Å². The minimum atomic E-state index is -0.448. The maximum Gasteiger partial charge on any atom is 0.329 e. The SMILES string of the molecule is Cn1c(N2C[C@H](c3ccccc3)C(C)(C)C2)nc2c1c(=O)[nH]c(=O)n2C. The molecule has 1 fully saturated rings. The third kappa shape index (κ3) is 2.38. The van der Waals surface area contributed by atoms with Crippen molar-refractivity contribution >= 4 is 17.1 Å². The minimum Gasteiger partial charge on any atom is -0.341 e. The molecule has 0 amide bonds. The Morgan fingerprint density at radius 1 is 1.12 bits per heavy atom. The van der Waals surface area contributed by atoms with Crippen LogP contribution in [0.5, 0.6) is 0 Å². The van der Waals surface area contributed by atoms with Crippen LogP contribution in [-0.2, 0) is 14.1 Å². The fourth-order valence-electron chi connectivity index (χ4n) is 4.11. The Bertz CT molecular complexity index is 1090. The van der Waals surface area contributed by atoms with Gasteiger partial charge in [-0.1, -0.05) is 44.2 Å². The van der Waals surface area contributed by atoms with Crippen molar-refractivity contribution in [3.63, 3.8) is 0 Å². The summed E-state index contributed by atoms with van der Waals surface area (Å²) in [6, 6.07) is 10.5. The zero-order valence-corrected chi connectivity index (χ0v) is 15.5. The lowest BCUT2D eigenvalue weighted by Gasteiger charge is -2.25. The molecular formula is C19H23N5O2. The Morgan fingerprint density at radius 2 is 1.81 bits per heavy atom. The first-order valence-corrected chi connectivity index (χ1v) is 8.75. The van der Waals surface area contributed by atoms with Gasteiger partial charge in [-0.2, -0.15) is 4.98 Å². The number of benzene rings is 1. The molecule has 2 aromatic heterocycles. The highest BCUT2D eigenvalue weighted by molar-refractivity contribution is 5.74. The molecule has 1 aromatic carbocycles. The number of aromatic nitrogens is 4. The van der Waals surface area contributed by atoms with Crippen LogP contribution in [0.4, 0.5) is 5.95 Å². The Kier molecular flexibility index (Phi) is 3.57. The molecule has 7 nitrogen and oxygen atoms in total. The van der Waals surface area contributed by atoms with Crippen molar-refractivity contribution in [3.05, 3.63) is 56.7 Å². The number of fused-ring (bicyclic) bond motifs is 1. The summed E-state index contributed by atoms with van der Waals surface area (Å²) in [7, 11) is 3.45. The molecule has 3 heterocycles. The molecule has 1 atom stereocenters. The molecule has 7 heteroatoms. The Hall–Kier alpha value is -2.83. The van der Waals surface area contributed by atoms with E-state index in [1.807, 2.05) is 13.1 Å². The molecule has 136 valence electrons. The van der Waals surface area contributed by atoms with Gasteiger partial charge in [0.05, 0.1) is 0 Å². The number of anilines is 1. The summed E-state index contributed by atoms with van der Waals surface area (Å²) in [5.74, 6) is 1.09. The summed E-state index contributed by atoms with van der Waals surface area (Å²) in [5, 5.41) is 0. The maximum absolute atomic E-state index is 12.3. The highest BCUT2D eigenvalue weighted by atomic mass is 16.2. The number of nitrogens with one attached hydrogen (secondary N) is 1. The van der Waals surface area contributed by atoms with E-state index in [0.717, 1.165) is 19.0 Å².